The summed E-state index contributed by atoms with van der Waals surface area (Å²) in [4.78, 5) is 26.0. The van der Waals surface area contributed by atoms with Crippen molar-refractivity contribution in [2.75, 3.05) is 12.3 Å². The van der Waals surface area contributed by atoms with Gasteiger partial charge in [0, 0.05) is 17.2 Å². The molecule has 0 aliphatic rings. The van der Waals surface area contributed by atoms with Crippen LogP contribution in [0.1, 0.15) is 25.0 Å². The number of nitrogens with one attached hydrogen (secondary N) is 2. The van der Waals surface area contributed by atoms with Gasteiger partial charge in [0.05, 0.1) is 6.42 Å². The second-order valence-electron chi connectivity index (χ2n) is 6.90. The van der Waals surface area contributed by atoms with Crippen LogP contribution in [-0.2, 0) is 16.0 Å². The lowest BCUT2D eigenvalue weighted by molar-refractivity contribution is -0.129. The van der Waals surface area contributed by atoms with Gasteiger partial charge in [-0.3, -0.25) is 9.59 Å². The number of carbonyl (C=O) groups is 2. The molecule has 2 aromatic carbocycles. The first-order valence-electron chi connectivity index (χ1n) is 9.26. The predicted molar refractivity (Wildman–Crippen MR) is 112 cm³/mol. The Morgan fingerprint density at radius 1 is 1.00 bits per heavy atom. The van der Waals surface area contributed by atoms with Gasteiger partial charge < -0.3 is 10.6 Å². The molecule has 2 aromatic rings. The van der Waals surface area contributed by atoms with Crippen LogP contribution in [-0.4, -0.2) is 30.2 Å². The minimum Gasteiger partial charge on any atom is -0.353 e. The van der Waals surface area contributed by atoms with Gasteiger partial charge in [-0.15, -0.1) is 11.8 Å². The number of amides is 2. The van der Waals surface area contributed by atoms with Gasteiger partial charge in [0.15, 0.2) is 0 Å². The highest BCUT2D eigenvalue weighted by atomic mass is 32.2. The first kappa shape index (κ1) is 21.0. The highest BCUT2D eigenvalue weighted by Gasteiger charge is 2.23. The molecule has 0 radical (unpaired) electrons. The zero-order chi connectivity index (χ0) is 19.6. The third-order valence-corrected chi connectivity index (χ3v) is 5.18. The minimum absolute atomic E-state index is 0.0227. The SMILES string of the molecule is Cc1ccc(SCCNC(=O)C(NC(=O)Cc2ccccc2)C(C)C)cc1. The topological polar surface area (TPSA) is 58.2 Å². The molecule has 0 spiro atoms. The zero-order valence-electron chi connectivity index (χ0n) is 16.2. The Balaban J connectivity index is 1.78. The van der Waals surface area contributed by atoms with E-state index in [-0.39, 0.29) is 24.2 Å². The Kier molecular flexibility index (Phi) is 8.40. The molecule has 1 atom stereocenters. The van der Waals surface area contributed by atoms with E-state index < -0.39 is 6.04 Å². The lowest BCUT2D eigenvalue weighted by Gasteiger charge is -2.21. The van der Waals surface area contributed by atoms with E-state index in [0.29, 0.717) is 6.54 Å². The van der Waals surface area contributed by atoms with Crippen molar-refractivity contribution >= 4 is 23.6 Å². The normalized spacial score (nSPS) is 11.9. The number of aryl methyl sites for hydroxylation is 1. The Hall–Kier alpha value is -2.27. The van der Waals surface area contributed by atoms with E-state index in [1.54, 1.807) is 11.8 Å². The van der Waals surface area contributed by atoms with Crippen LogP contribution in [0.4, 0.5) is 0 Å². The number of thioether (sulfide) groups is 1. The fraction of sp³-hybridized carbons (Fsp3) is 0.364. The van der Waals surface area contributed by atoms with Crippen LogP contribution in [0.15, 0.2) is 59.5 Å². The lowest BCUT2D eigenvalue weighted by atomic mass is 10.0. The Labute approximate surface area is 166 Å². The highest BCUT2D eigenvalue weighted by Crippen LogP contribution is 2.17. The van der Waals surface area contributed by atoms with Crippen LogP contribution in [0.3, 0.4) is 0 Å². The van der Waals surface area contributed by atoms with Gasteiger partial charge >= 0.3 is 0 Å². The molecule has 2 rings (SSSR count). The van der Waals surface area contributed by atoms with Gasteiger partial charge in [-0.25, -0.2) is 0 Å². The monoisotopic (exact) mass is 384 g/mol. The molecule has 0 aliphatic carbocycles. The van der Waals surface area contributed by atoms with Crippen LogP contribution < -0.4 is 10.6 Å². The summed E-state index contributed by atoms with van der Waals surface area (Å²) in [6.07, 6.45) is 0.278. The van der Waals surface area contributed by atoms with Gasteiger partial charge in [-0.2, -0.15) is 0 Å². The zero-order valence-corrected chi connectivity index (χ0v) is 17.0. The van der Waals surface area contributed by atoms with E-state index in [1.165, 1.54) is 10.5 Å². The number of hydrogen-bond donors (Lipinski definition) is 2. The summed E-state index contributed by atoms with van der Waals surface area (Å²) >= 11 is 1.70. The quantitative estimate of drug-likeness (QED) is 0.513. The molecule has 1 unspecified atom stereocenters. The molecular weight excluding hydrogens is 356 g/mol. The third kappa shape index (κ3) is 7.47. The number of hydrogen-bond acceptors (Lipinski definition) is 3. The van der Waals surface area contributed by atoms with Crippen molar-refractivity contribution in [2.45, 2.75) is 38.1 Å². The molecule has 5 heteroatoms. The maximum atomic E-state index is 12.5. The van der Waals surface area contributed by atoms with Crippen LogP contribution >= 0.6 is 11.8 Å². The standard InChI is InChI=1S/C22H28N2O2S/c1-16(2)21(24-20(25)15-18-7-5-4-6-8-18)22(26)23-13-14-27-19-11-9-17(3)10-12-19/h4-12,16,21H,13-15H2,1-3H3,(H,23,26)(H,24,25). The minimum atomic E-state index is -0.523. The van der Waals surface area contributed by atoms with Crippen molar-refractivity contribution in [3.63, 3.8) is 0 Å². The molecule has 0 saturated carbocycles. The van der Waals surface area contributed by atoms with Crippen molar-refractivity contribution in [1.29, 1.82) is 0 Å². The number of rotatable bonds is 9. The van der Waals surface area contributed by atoms with Gasteiger partial charge in [0.25, 0.3) is 0 Å². The van der Waals surface area contributed by atoms with E-state index in [2.05, 4.69) is 41.8 Å². The maximum absolute atomic E-state index is 12.5. The average Bonchev–Trinajstić information content (AvgIpc) is 2.65. The lowest BCUT2D eigenvalue weighted by Crippen LogP contribution is -2.50. The summed E-state index contributed by atoms with van der Waals surface area (Å²) in [6, 6.07) is 17.4. The van der Waals surface area contributed by atoms with Crippen LogP contribution in [0, 0.1) is 12.8 Å². The molecule has 0 bridgehead atoms. The van der Waals surface area contributed by atoms with Crippen molar-refractivity contribution < 1.29 is 9.59 Å². The number of benzene rings is 2. The van der Waals surface area contributed by atoms with E-state index in [1.807, 2.05) is 44.2 Å². The first-order chi connectivity index (χ1) is 13.0. The predicted octanol–water partition coefficient (Wildman–Crippen LogP) is 3.59. The molecule has 2 N–H and O–H groups in total. The van der Waals surface area contributed by atoms with Crippen molar-refractivity contribution in [3.8, 4) is 0 Å². The molecule has 27 heavy (non-hydrogen) atoms. The summed E-state index contributed by atoms with van der Waals surface area (Å²) in [5.41, 5.74) is 2.17. The highest BCUT2D eigenvalue weighted by molar-refractivity contribution is 7.99. The van der Waals surface area contributed by atoms with E-state index in [0.717, 1.165) is 11.3 Å². The Morgan fingerprint density at radius 2 is 1.67 bits per heavy atom. The van der Waals surface area contributed by atoms with Gasteiger partial charge in [0.1, 0.15) is 6.04 Å². The van der Waals surface area contributed by atoms with Gasteiger partial charge in [-0.05, 0) is 30.5 Å². The van der Waals surface area contributed by atoms with Crippen LogP contribution in [0.5, 0.6) is 0 Å². The van der Waals surface area contributed by atoms with Gasteiger partial charge in [0.2, 0.25) is 11.8 Å². The smallest absolute Gasteiger partial charge is 0.242 e. The molecule has 144 valence electrons. The van der Waals surface area contributed by atoms with Crippen molar-refractivity contribution in [2.24, 2.45) is 5.92 Å². The van der Waals surface area contributed by atoms with E-state index in [9.17, 15) is 9.59 Å². The fourth-order valence-corrected chi connectivity index (χ4v) is 3.40. The molecule has 0 fully saturated rings. The largest absolute Gasteiger partial charge is 0.353 e. The summed E-state index contributed by atoms with van der Waals surface area (Å²) in [5.74, 6) is 0.548. The molecule has 0 aromatic heterocycles. The summed E-state index contributed by atoms with van der Waals surface area (Å²) in [5, 5.41) is 5.81. The molecule has 0 saturated heterocycles. The second kappa shape index (κ2) is 10.8. The fourth-order valence-electron chi connectivity index (χ4n) is 2.63. The molecule has 0 heterocycles. The third-order valence-electron chi connectivity index (χ3n) is 4.16. The second-order valence-corrected chi connectivity index (χ2v) is 8.07. The van der Waals surface area contributed by atoms with E-state index in [4.69, 9.17) is 0 Å². The average molecular weight is 385 g/mol. The summed E-state index contributed by atoms with van der Waals surface area (Å²) in [7, 11) is 0. The summed E-state index contributed by atoms with van der Waals surface area (Å²) < 4.78 is 0. The molecule has 2 amide bonds. The van der Waals surface area contributed by atoms with Gasteiger partial charge in [-0.1, -0.05) is 61.9 Å². The number of carbonyl (C=O) groups excluding carboxylic acids is 2. The summed E-state index contributed by atoms with van der Waals surface area (Å²) in [6.45, 7) is 6.50. The first-order valence-corrected chi connectivity index (χ1v) is 10.2. The molecule has 4 nitrogen and oxygen atoms in total. The van der Waals surface area contributed by atoms with E-state index >= 15 is 0 Å². The maximum Gasteiger partial charge on any atom is 0.242 e. The Bertz CT molecular complexity index is 730. The van der Waals surface area contributed by atoms with Crippen molar-refractivity contribution in [3.05, 3.63) is 65.7 Å². The molecule has 0 aliphatic heterocycles. The van der Waals surface area contributed by atoms with Crippen molar-refractivity contribution in [1.82, 2.24) is 10.6 Å². The van der Waals surface area contributed by atoms with Crippen LogP contribution in [0.25, 0.3) is 0 Å². The van der Waals surface area contributed by atoms with Crippen LogP contribution in [0.2, 0.25) is 0 Å². The molecular formula is C22H28N2O2S. The Morgan fingerprint density at radius 3 is 2.30 bits per heavy atom.